The predicted octanol–water partition coefficient (Wildman–Crippen LogP) is 4.77. The molecule has 2 aliphatic rings. The monoisotopic (exact) mass is 556 g/mol. The Bertz CT molecular complexity index is 2170. The van der Waals surface area contributed by atoms with Crippen molar-refractivity contribution in [2.75, 3.05) is 0 Å². The van der Waals surface area contributed by atoms with Crippen LogP contribution in [0.15, 0.2) is 72.8 Å². The number of carbonyl (C=O) groups excluding carboxylic acids is 3. The quantitative estimate of drug-likeness (QED) is 0.168. The number of nitro groups is 2. The van der Waals surface area contributed by atoms with Crippen molar-refractivity contribution >= 4 is 51.0 Å². The highest BCUT2D eigenvalue weighted by Crippen LogP contribution is 2.38. The van der Waals surface area contributed by atoms with Crippen molar-refractivity contribution in [1.29, 1.82) is 0 Å². The van der Waals surface area contributed by atoms with Gasteiger partial charge in [0.05, 0.1) is 43.0 Å². The van der Waals surface area contributed by atoms with Crippen molar-refractivity contribution in [2.24, 2.45) is 0 Å². The van der Waals surface area contributed by atoms with E-state index in [0.29, 0.717) is 33.3 Å². The minimum Gasteiger partial charge on any atom is -0.289 e. The van der Waals surface area contributed by atoms with E-state index in [1.54, 1.807) is 24.3 Å². The van der Waals surface area contributed by atoms with Crippen LogP contribution in [0.5, 0.6) is 0 Å². The summed E-state index contributed by atoms with van der Waals surface area (Å²) in [6.45, 7) is 0. The summed E-state index contributed by atoms with van der Waals surface area (Å²) in [5.74, 6) is -0.531. The number of rotatable bonds is 4. The molecule has 0 N–H and O–H groups in total. The average molecular weight is 556 g/mol. The van der Waals surface area contributed by atoms with E-state index in [9.17, 15) is 34.6 Å². The first-order chi connectivity index (χ1) is 20.2. The number of non-ortho nitro benzene ring substituents is 2. The Labute approximate surface area is 232 Å². The van der Waals surface area contributed by atoms with Gasteiger partial charge in [0, 0.05) is 46.5 Å². The van der Waals surface area contributed by atoms with Gasteiger partial charge < -0.3 is 0 Å². The average Bonchev–Trinajstić information content (AvgIpc) is 3.70. The first-order valence-corrected chi connectivity index (χ1v) is 12.5. The third kappa shape index (κ3) is 2.98. The third-order valence-electron chi connectivity index (χ3n) is 7.61. The summed E-state index contributed by atoms with van der Waals surface area (Å²) in [4.78, 5) is 70.2. The van der Waals surface area contributed by atoms with Crippen LogP contribution >= 0.6 is 0 Å². The summed E-state index contributed by atoms with van der Waals surface area (Å²) in [7, 11) is 0. The molecule has 0 unspecified atom stereocenters. The zero-order valence-corrected chi connectivity index (χ0v) is 21.0. The summed E-state index contributed by atoms with van der Waals surface area (Å²) in [6.07, 6.45) is 0. The molecule has 6 aromatic rings. The molecule has 4 aromatic carbocycles. The molecule has 0 amide bonds. The first-order valence-electron chi connectivity index (χ1n) is 12.5. The molecular formula is C29H12N6O7. The molecule has 8 rings (SSSR count). The lowest BCUT2D eigenvalue weighted by molar-refractivity contribution is -0.384. The molecule has 13 heteroatoms. The first kappa shape index (κ1) is 23.5. The van der Waals surface area contributed by atoms with Crippen LogP contribution in [-0.2, 0) is 0 Å². The van der Waals surface area contributed by atoms with Crippen LogP contribution in [0.3, 0.4) is 0 Å². The Morgan fingerprint density at radius 3 is 1.43 bits per heavy atom. The van der Waals surface area contributed by atoms with Gasteiger partial charge in [-0.25, -0.2) is 9.97 Å². The van der Waals surface area contributed by atoms with Crippen LogP contribution in [0.25, 0.3) is 44.8 Å². The van der Waals surface area contributed by atoms with E-state index in [4.69, 9.17) is 0 Å². The third-order valence-corrected chi connectivity index (χ3v) is 7.61. The summed E-state index contributed by atoms with van der Waals surface area (Å²) in [5, 5.41) is 22.4. The Hall–Kier alpha value is -6.37. The zero-order valence-electron chi connectivity index (χ0n) is 21.0. The lowest BCUT2D eigenvalue weighted by atomic mass is 9.96. The topological polar surface area (TPSA) is 173 Å². The lowest BCUT2D eigenvalue weighted by Gasteiger charge is -2.06. The number of fused-ring (bicyclic) bond motifs is 10. The second kappa shape index (κ2) is 7.85. The Morgan fingerprint density at radius 1 is 0.595 bits per heavy atom. The molecule has 4 heterocycles. The van der Waals surface area contributed by atoms with Crippen molar-refractivity contribution in [2.45, 2.75) is 0 Å². The molecule has 2 aromatic heterocycles. The Morgan fingerprint density at radius 2 is 1.02 bits per heavy atom. The van der Waals surface area contributed by atoms with Gasteiger partial charge >= 0.3 is 0 Å². The van der Waals surface area contributed by atoms with Gasteiger partial charge in [0.25, 0.3) is 23.2 Å². The van der Waals surface area contributed by atoms with E-state index in [-0.39, 0.29) is 62.8 Å². The maximum absolute atomic E-state index is 13.6. The van der Waals surface area contributed by atoms with Crippen molar-refractivity contribution in [3.63, 3.8) is 0 Å². The lowest BCUT2D eigenvalue weighted by Crippen LogP contribution is -2.07. The van der Waals surface area contributed by atoms with Gasteiger partial charge in [0.1, 0.15) is 11.6 Å². The molecule has 200 valence electrons. The molecule has 0 atom stereocenters. The van der Waals surface area contributed by atoms with E-state index in [2.05, 4.69) is 9.97 Å². The number of nitro benzene ring substituents is 2. The van der Waals surface area contributed by atoms with Crippen molar-refractivity contribution in [3.05, 3.63) is 115 Å². The van der Waals surface area contributed by atoms with Crippen LogP contribution < -0.4 is 0 Å². The normalized spacial score (nSPS) is 12.9. The molecule has 0 fully saturated rings. The fourth-order valence-corrected chi connectivity index (χ4v) is 5.66. The molecule has 0 spiro atoms. The Kier molecular flexibility index (Phi) is 4.40. The standard InChI is InChI=1S/C29H12N6O7/c36-25(13-1-5-17-19(9-13)26-30-21-11-15(34(39)40)3-7-23(21)32(26)28(17)37)14-2-6-18-20(10-14)27-31-22-12-16(35(41)42)4-8-24(22)33(27)29(18)38/h1-12H. The summed E-state index contributed by atoms with van der Waals surface area (Å²) >= 11 is 0. The molecule has 0 radical (unpaired) electrons. The van der Waals surface area contributed by atoms with E-state index < -0.39 is 9.85 Å². The smallest absolute Gasteiger partial charge is 0.271 e. The predicted molar refractivity (Wildman–Crippen MR) is 147 cm³/mol. The highest BCUT2D eigenvalue weighted by molar-refractivity contribution is 6.17. The number of benzene rings is 4. The number of hydrogen-bond acceptors (Lipinski definition) is 9. The SMILES string of the molecule is O=C(c1ccc2c(c1)-c1nc3cc([N+](=O)[O-])ccc3n1C2=O)c1ccc2c(c1)-c1nc3cc([N+](=O)[O-])ccc3n1C2=O. The van der Waals surface area contributed by atoms with Crippen LogP contribution in [0, 0.1) is 20.2 Å². The minimum absolute atomic E-state index is 0.155. The van der Waals surface area contributed by atoms with Crippen molar-refractivity contribution in [1.82, 2.24) is 19.1 Å². The molecule has 0 aliphatic carbocycles. The number of carbonyl (C=O) groups is 3. The fraction of sp³-hybridized carbons (Fsp3) is 0. The Balaban J connectivity index is 1.20. The van der Waals surface area contributed by atoms with Crippen LogP contribution in [0.4, 0.5) is 11.4 Å². The van der Waals surface area contributed by atoms with Crippen molar-refractivity contribution in [3.8, 4) is 22.8 Å². The van der Waals surface area contributed by atoms with E-state index in [1.807, 2.05) is 0 Å². The highest BCUT2D eigenvalue weighted by atomic mass is 16.6. The molecular weight excluding hydrogens is 544 g/mol. The second-order valence-corrected chi connectivity index (χ2v) is 9.86. The second-order valence-electron chi connectivity index (χ2n) is 9.86. The molecule has 42 heavy (non-hydrogen) atoms. The van der Waals surface area contributed by atoms with E-state index in [1.165, 1.54) is 57.7 Å². The van der Waals surface area contributed by atoms with Crippen LogP contribution in [-0.4, -0.2) is 46.5 Å². The van der Waals surface area contributed by atoms with E-state index >= 15 is 0 Å². The van der Waals surface area contributed by atoms with Gasteiger partial charge in [-0.05, 0) is 36.4 Å². The van der Waals surface area contributed by atoms with Gasteiger partial charge in [-0.3, -0.25) is 43.7 Å². The number of imidazole rings is 2. The van der Waals surface area contributed by atoms with E-state index in [0.717, 1.165) is 0 Å². The number of aromatic nitrogens is 4. The largest absolute Gasteiger partial charge is 0.289 e. The number of nitrogens with zero attached hydrogens (tertiary/aromatic N) is 6. The van der Waals surface area contributed by atoms with Gasteiger partial charge in [-0.1, -0.05) is 12.1 Å². The fourth-order valence-electron chi connectivity index (χ4n) is 5.66. The molecule has 2 aliphatic heterocycles. The number of ketones is 1. The zero-order chi connectivity index (χ0) is 29.0. The molecule has 0 saturated heterocycles. The maximum Gasteiger partial charge on any atom is 0.271 e. The summed E-state index contributed by atoms with van der Waals surface area (Å²) in [5.41, 5.74) is 3.15. The summed E-state index contributed by atoms with van der Waals surface area (Å²) in [6, 6.07) is 17.4. The number of hydrogen-bond donors (Lipinski definition) is 0. The molecule has 13 nitrogen and oxygen atoms in total. The molecule has 0 saturated carbocycles. The molecule has 0 bridgehead atoms. The van der Waals surface area contributed by atoms with Crippen molar-refractivity contribution < 1.29 is 24.2 Å². The minimum atomic E-state index is -0.542. The van der Waals surface area contributed by atoms with Gasteiger partial charge in [-0.15, -0.1) is 0 Å². The highest BCUT2D eigenvalue weighted by Gasteiger charge is 2.33. The summed E-state index contributed by atoms with van der Waals surface area (Å²) < 4.78 is 2.74. The van der Waals surface area contributed by atoms with Gasteiger partial charge in [0.15, 0.2) is 5.78 Å². The van der Waals surface area contributed by atoms with Gasteiger partial charge in [-0.2, -0.15) is 0 Å². The van der Waals surface area contributed by atoms with Crippen LogP contribution in [0.2, 0.25) is 0 Å². The van der Waals surface area contributed by atoms with Crippen LogP contribution in [0.1, 0.15) is 36.6 Å². The maximum atomic E-state index is 13.6. The van der Waals surface area contributed by atoms with Gasteiger partial charge in [0.2, 0.25) is 0 Å².